The molecule has 2 heterocycles. The highest BCUT2D eigenvalue weighted by atomic mass is 35.5. The first-order valence-electron chi connectivity index (χ1n) is 6.21. The van der Waals surface area contributed by atoms with Gasteiger partial charge in [-0.05, 0) is 18.6 Å². The van der Waals surface area contributed by atoms with Crippen LogP contribution in [0.1, 0.15) is 5.56 Å². The Labute approximate surface area is 131 Å². The second-order valence-corrected chi connectivity index (χ2v) is 5.18. The Bertz CT molecular complexity index is 750. The third-order valence-corrected chi connectivity index (χ3v) is 3.52. The highest BCUT2D eigenvalue weighted by Crippen LogP contribution is 2.33. The van der Waals surface area contributed by atoms with Crippen LogP contribution < -0.4 is 0 Å². The van der Waals surface area contributed by atoms with E-state index in [1.807, 2.05) is 31.2 Å². The molecule has 0 saturated carbocycles. The molecule has 0 amide bonds. The van der Waals surface area contributed by atoms with Crippen molar-refractivity contribution in [1.82, 2.24) is 19.9 Å². The maximum Gasteiger partial charge on any atom is 0.181 e. The smallest absolute Gasteiger partial charge is 0.181 e. The monoisotopic (exact) mass is 316 g/mol. The summed E-state index contributed by atoms with van der Waals surface area (Å²) in [5.74, 6) is 0.378. The normalized spacial score (nSPS) is 10.6. The fourth-order valence-corrected chi connectivity index (χ4v) is 2.51. The van der Waals surface area contributed by atoms with Gasteiger partial charge in [-0.2, -0.15) is 0 Å². The molecule has 1 aromatic carbocycles. The van der Waals surface area contributed by atoms with Crippen molar-refractivity contribution >= 4 is 23.2 Å². The summed E-state index contributed by atoms with van der Waals surface area (Å²) in [6.45, 7) is 2.02. The SMILES string of the molecule is Cc1ccc(-c2c(Cl)nc(-c3ccncn3)nc2Cl)cc1. The molecule has 0 bridgehead atoms. The maximum atomic E-state index is 6.28. The molecule has 4 nitrogen and oxygen atoms in total. The molecule has 2 aromatic heterocycles. The van der Waals surface area contributed by atoms with Crippen LogP contribution in [0, 0.1) is 6.92 Å². The van der Waals surface area contributed by atoms with Crippen LogP contribution in [0.5, 0.6) is 0 Å². The van der Waals surface area contributed by atoms with Crippen LogP contribution in [0.15, 0.2) is 42.9 Å². The molecule has 0 radical (unpaired) electrons. The molecule has 0 spiro atoms. The largest absolute Gasteiger partial charge is 0.245 e. The summed E-state index contributed by atoms with van der Waals surface area (Å²) in [5.41, 5.74) is 3.23. The van der Waals surface area contributed by atoms with Crippen molar-refractivity contribution in [1.29, 1.82) is 0 Å². The van der Waals surface area contributed by atoms with Gasteiger partial charge < -0.3 is 0 Å². The van der Waals surface area contributed by atoms with Gasteiger partial charge in [-0.25, -0.2) is 19.9 Å². The highest BCUT2D eigenvalue weighted by Gasteiger charge is 2.15. The Morgan fingerprint density at radius 2 is 1.57 bits per heavy atom. The van der Waals surface area contributed by atoms with Crippen LogP contribution in [-0.4, -0.2) is 19.9 Å². The van der Waals surface area contributed by atoms with E-state index in [2.05, 4.69) is 19.9 Å². The standard InChI is InChI=1S/C15H10Cl2N4/c1-9-2-4-10(5-3-9)12-13(16)20-15(21-14(12)17)11-6-7-18-8-19-11/h2-8H,1H3. The zero-order chi connectivity index (χ0) is 14.8. The zero-order valence-electron chi connectivity index (χ0n) is 11.1. The number of aryl methyl sites for hydroxylation is 1. The molecule has 0 aliphatic carbocycles. The molecule has 3 aromatic rings. The Balaban J connectivity index is 2.11. The molecule has 0 N–H and O–H groups in total. The molecule has 104 valence electrons. The van der Waals surface area contributed by atoms with Crippen LogP contribution in [0.3, 0.4) is 0 Å². The third-order valence-electron chi connectivity index (χ3n) is 2.97. The molecule has 0 fully saturated rings. The fourth-order valence-electron chi connectivity index (χ4n) is 1.90. The molecule has 0 aliphatic rings. The molecule has 0 saturated heterocycles. The summed E-state index contributed by atoms with van der Waals surface area (Å²) >= 11 is 12.6. The Morgan fingerprint density at radius 3 is 2.14 bits per heavy atom. The topological polar surface area (TPSA) is 51.6 Å². The van der Waals surface area contributed by atoms with Crippen molar-refractivity contribution in [2.75, 3.05) is 0 Å². The fraction of sp³-hybridized carbons (Fsp3) is 0.0667. The first-order chi connectivity index (χ1) is 10.1. The summed E-state index contributed by atoms with van der Waals surface area (Å²) < 4.78 is 0. The van der Waals surface area contributed by atoms with Crippen LogP contribution in [0.4, 0.5) is 0 Å². The number of hydrogen-bond acceptors (Lipinski definition) is 4. The minimum atomic E-state index is 0.299. The van der Waals surface area contributed by atoms with Crippen molar-refractivity contribution in [3.63, 3.8) is 0 Å². The summed E-state index contributed by atoms with van der Waals surface area (Å²) in [5, 5.41) is 0.597. The highest BCUT2D eigenvalue weighted by molar-refractivity contribution is 6.37. The third kappa shape index (κ3) is 2.86. The van der Waals surface area contributed by atoms with Crippen LogP contribution >= 0.6 is 23.2 Å². The van der Waals surface area contributed by atoms with Gasteiger partial charge in [0.25, 0.3) is 0 Å². The van der Waals surface area contributed by atoms with Crippen LogP contribution in [0.2, 0.25) is 10.3 Å². The molecule has 21 heavy (non-hydrogen) atoms. The quantitative estimate of drug-likeness (QED) is 0.664. The number of rotatable bonds is 2. The van der Waals surface area contributed by atoms with Crippen molar-refractivity contribution < 1.29 is 0 Å². The molecule has 0 unspecified atom stereocenters. The first-order valence-corrected chi connectivity index (χ1v) is 6.97. The number of hydrogen-bond donors (Lipinski definition) is 0. The van der Waals surface area contributed by atoms with Crippen molar-refractivity contribution in [3.8, 4) is 22.6 Å². The minimum absolute atomic E-state index is 0.299. The average Bonchev–Trinajstić information content (AvgIpc) is 2.49. The van der Waals surface area contributed by atoms with E-state index >= 15 is 0 Å². The molecular weight excluding hydrogens is 307 g/mol. The average molecular weight is 317 g/mol. The van der Waals surface area contributed by atoms with E-state index in [1.165, 1.54) is 6.33 Å². The zero-order valence-corrected chi connectivity index (χ0v) is 12.6. The lowest BCUT2D eigenvalue weighted by Crippen LogP contribution is -1.96. The number of aromatic nitrogens is 4. The summed E-state index contributed by atoms with van der Waals surface area (Å²) in [6, 6.07) is 9.56. The second kappa shape index (κ2) is 5.76. The minimum Gasteiger partial charge on any atom is -0.245 e. The van der Waals surface area contributed by atoms with E-state index in [9.17, 15) is 0 Å². The number of halogens is 2. The predicted molar refractivity (Wildman–Crippen MR) is 83.3 cm³/mol. The molecule has 0 atom stereocenters. The van der Waals surface area contributed by atoms with E-state index in [0.29, 0.717) is 27.4 Å². The molecule has 6 heteroatoms. The van der Waals surface area contributed by atoms with E-state index in [4.69, 9.17) is 23.2 Å². The molecule has 0 aliphatic heterocycles. The lowest BCUT2D eigenvalue weighted by molar-refractivity contribution is 1.10. The lowest BCUT2D eigenvalue weighted by atomic mass is 10.1. The van der Waals surface area contributed by atoms with E-state index < -0.39 is 0 Å². The van der Waals surface area contributed by atoms with Gasteiger partial charge in [0.15, 0.2) is 5.82 Å². The summed E-state index contributed by atoms with van der Waals surface area (Å²) in [6.07, 6.45) is 3.04. The van der Waals surface area contributed by atoms with Crippen molar-refractivity contribution in [2.45, 2.75) is 6.92 Å². The van der Waals surface area contributed by atoms with E-state index in [-0.39, 0.29) is 0 Å². The van der Waals surface area contributed by atoms with Gasteiger partial charge in [-0.15, -0.1) is 0 Å². The molecular formula is C15H10Cl2N4. The van der Waals surface area contributed by atoms with Crippen LogP contribution in [-0.2, 0) is 0 Å². The maximum absolute atomic E-state index is 6.28. The number of nitrogens with zero attached hydrogens (tertiary/aromatic N) is 4. The van der Waals surface area contributed by atoms with Crippen molar-refractivity contribution in [3.05, 3.63) is 58.7 Å². The van der Waals surface area contributed by atoms with Gasteiger partial charge in [0.2, 0.25) is 0 Å². The summed E-state index contributed by atoms with van der Waals surface area (Å²) in [4.78, 5) is 16.5. The second-order valence-electron chi connectivity index (χ2n) is 4.46. The Morgan fingerprint density at radius 1 is 0.905 bits per heavy atom. The van der Waals surface area contributed by atoms with Gasteiger partial charge in [0.1, 0.15) is 22.3 Å². The van der Waals surface area contributed by atoms with Gasteiger partial charge >= 0.3 is 0 Å². The predicted octanol–water partition coefficient (Wildman–Crippen LogP) is 4.22. The molecule has 3 rings (SSSR count). The lowest BCUT2D eigenvalue weighted by Gasteiger charge is -2.08. The number of benzene rings is 1. The van der Waals surface area contributed by atoms with Gasteiger partial charge in [0.05, 0.1) is 5.56 Å². The van der Waals surface area contributed by atoms with Gasteiger partial charge in [0, 0.05) is 6.20 Å². The van der Waals surface area contributed by atoms with Crippen molar-refractivity contribution in [2.24, 2.45) is 0 Å². The Hall–Kier alpha value is -2.04. The van der Waals surface area contributed by atoms with Gasteiger partial charge in [-0.3, -0.25) is 0 Å². The Kier molecular flexibility index (Phi) is 3.82. The van der Waals surface area contributed by atoms with E-state index in [1.54, 1.807) is 12.3 Å². The summed E-state index contributed by atoms with van der Waals surface area (Å²) in [7, 11) is 0. The van der Waals surface area contributed by atoms with Gasteiger partial charge in [-0.1, -0.05) is 53.0 Å². The van der Waals surface area contributed by atoms with E-state index in [0.717, 1.165) is 11.1 Å². The first kappa shape index (κ1) is 13.9. The van der Waals surface area contributed by atoms with Crippen LogP contribution in [0.25, 0.3) is 22.6 Å².